The first kappa shape index (κ1) is 21.5. The Kier molecular flexibility index (Phi) is 6.06. The zero-order valence-electron chi connectivity index (χ0n) is 17.7. The zero-order chi connectivity index (χ0) is 22.1. The SMILES string of the molecule is CC(C)C[C@H](N)c1csc(NCc2cccc3c2CN(C2CCC(=O)NC2=O)C3=O)n1. The second kappa shape index (κ2) is 8.76. The number of aromatic nitrogens is 1. The molecule has 2 aromatic rings. The molecule has 1 fully saturated rings. The van der Waals surface area contributed by atoms with Gasteiger partial charge in [0.05, 0.1) is 5.69 Å². The van der Waals surface area contributed by atoms with Gasteiger partial charge in [0.25, 0.3) is 5.91 Å². The van der Waals surface area contributed by atoms with Gasteiger partial charge >= 0.3 is 0 Å². The molecule has 31 heavy (non-hydrogen) atoms. The molecule has 1 aromatic heterocycles. The lowest BCUT2D eigenvalue weighted by Crippen LogP contribution is -2.52. The maximum absolute atomic E-state index is 12.9. The van der Waals surface area contributed by atoms with Gasteiger partial charge in [-0.05, 0) is 36.0 Å². The third kappa shape index (κ3) is 4.47. The van der Waals surface area contributed by atoms with Gasteiger partial charge in [-0.1, -0.05) is 26.0 Å². The maximum Gasteiger partial charge on any atom is 0.255 e. The van der Waals surface area contributed by atoms with Crippen molar-refractivity contribution in [3.8, 4) is 0 Å². The minimum Gasteiger partial charge on any atom is -0.357 e. The molecule has 1 unspecified atom stereocenters. The first-order valence-electron chi connectivity index (χ1n) is 10.5. The molecule has 3 heterocycles. The molecule has 1 aromatic carbocycles. The lowest BCUT2D eigenvalue weighted by molar-refractivity contribution is -0.136. The van der Waals surface area contributed by atoms with E-state index in [1.54, 1.807) is 11.0 Å². The summed E-state index contributed by atoms with van der Waals surface area (Å²) in [7, 11) is 0. The molecule has 3 amide bonds. The van der Waals surface area contributed by atoms with E-state index in [0.29, 0.717) is 31.0 Å². The van der Waals surface area contributed by atoms with E-state index in [4.69, 9.17) is 5.73 Å². The predicted octanol–water partition coefficient (Wildman–Crippen LogP) is 2.56. The summed E-state index contributed by atoms with van der Waals surface area (Å²) < 4.78 is 0. The van der Waals surface area contributed by atoms with Gasteiger partial charge in [-0.15, -0.1) is 11.3 Å². The second-order valence-electron chi connectivity index (χ2n) is 8.51. The molecule has 164 valence electrons. The van der Waals surface area contributed by atoms with E-state index in [1.165, 1.54) is 11.3 Å². The van der Waals surface area contributed by atoms with E-state index >= 15 is 0 Å². The fourth-order valence-electron chi connectivity index (χ4n) is 4.15. The van der Waals surface area contributed by atoms with Crippen molar-refractivity contribution in [3.63, 3.8) is 0 Å². The number of benzene rings is 1. The molecule has 8 nitrogen and oxygen atoms in total. The van der Waals surface area contributed by atoms with Crippen LogP contribution in [0.15, 0.2) is 23.6 Å². The molecule has 2 aliphatic heterocycles. The highest BCUT2D eigenvalue weighted by atomic mass is 32.1. The zero-order valence-corrected chi connectivity index (χ0v) is 18.5. The summed E-state index contributed by atoms with van der Waals surface area (Å²) in [5.74, 6) is -0.344. The summed E-state index contributed by atoms with van der Waals surface area (Å²) in [6.07, 6.45) is 1.49. The highest BCUT2D eigenvalue weighted by Gasteiger charge is 2.39. The molecule has 2 aliphatic rings. The number of nitrogens with zero attached hydrogens (tertiary/aromatic N) is 2. The van der Waals surface area contributed by atoms with Crippen LogP contribution in [0, 0.1) is 5.92 Å². The fourth-order valence-corrected chi connectivity index (χ4v) is 4.93. The Morgan fingerprint density at radius 1 is 1.32 bits per heavy atom. The van der Waals surface area contributed by atoms with Crippen LogP contribution in [0.3, 0.4) is 0 Å². The Labute approximate surface area is 185 Å². The van der Waals surface area contributed by atoms with Gasteiger partial charge in [0.1, 0.15) is 6.04 Å². The van der Waals surface area contributed by atoms with E-state index in [-0.39, 0.29) is 24.3 Å². The van der Waals surface area contributed by atoms with Crippen LogP contribution in [-0.2, 0) is 22.7 Å². The van der Waals surface area contributed by atoms with Gasteiger partial charge in [-0.2, -0.15) is 0 Å². The monoisotopic (exact) mass is 441 g/mol. The van der Waals surface area contributed by atoms with Crippen LogP contribution in [0.25, 0.3) is 0 Å². The minimum atomic E-state index is -0.609. The highest BCUT2D eigenvalue weighted by molar-refractivity contribution is 7.13. The molecule has 9 heteroatoms. The number of thiazole rings is 1. The molecule has 2 atom stereocenters. The molecule has 0 spiro atoms. The van der Waals surface area contributed by atoms with Crippen LogP contribution in [0.2, 0.25) is 0 Å². The van der Waals surface area contributed by atoms with Gasteiger partial charge < -0.3 is 16.0 Å². The van der Waals surface area contributed by atoms with Crippen molar-refractivity contribution in [2.45, 2.75) is 58.3 Å². The lowest BCUT2D eigenvalue weighted by Gasteiger charge is -2.29. The number of piperidine rings is 1. The summed E-state index contributed by atoms with van der Waals surface area (Å²) in [5, 5.41) is 8.45. The number of hydrogen-bond acceptors (Lipinski definition) is 7. The maximum atomic E-state index is 12.9. The standard InChI is InChI=1S/C22H27N5O3S/c1-12(2)8-16(23)17-11-31-22(25-17)24-9-13-4-3-5-14-15(13)10-27(21(14)30)18-6-7-19(28)26-20(18)29/h3-5,11-12,16,18H,6-10,23H2,1-2H3,(H,24,25)(H,26,28,29)/t16-,18?/m0/s1. The van der Waals surface area contributed by atoms with Gasteiger partial charge in [-0.25, -0.2) is 4.98 Å². The van der Waals surface area contributed by atoms with E-state index in [0.717, 1.165) is 28.4 Å². The smallest absolute Gasteiger partial charge is 0.255 e. The van der Waals surface area contributed by atoms with Crippen LogP contribution in [0.1, 0.15) is 66.3 Å². The van der Waals surface area contributed by atoms with Crippen LogP contribution >= 0.6 is 11.3 Å². The van der Waals surface area contributed by atoms with Gasteiger partial charge in [0.15, 0.2) is 5.13 Å². The number of rotatable bonds is 7. The number of nitrogens with two attached hydrogens (primary N) is 1. The number of hydrogen-bond donors (Lipinski definition) is 3. The summed E-state index contributed by atoms with van der Waals surface area (Å²) in [5.41, 5.74) is 9.64. The Hall–Kier alpha value is -2.78. The first-order chi connectivity index (χ1) is 14.8. The van der Waals surface area contributed by atoms with Crippen LogP contribution in [-0.4, -0.2) is 33.6 Å². The molecule has 0 radical (unpaired) electrons. The molecule has 0 saturated carbocycles. The first-order valence-corrected chi connectivity index (χ1v) is 11.4. The van der Waals surface area contributed by atoms with Crippen molar-refractivity contribution in [1.29, 1.82) is 0 Å². The molecule has 4 rings (SSSR count). The quantitative estimate of drug-likeness (QED) is 0.569. The van der Waals surface area contributed by atoms with Crippen molar-refractivity contribution in [2.24, 2.45) is 11.7 Å². The lowest BCUT2D eigenvalue weighted by atomic mass is 10.0. The summed E-state index contributed by atoms with van der Waals surface area (Å²) >= 11 is 1.52. The number of carbonyl (C=O) groups is 3. The number of imide groups is 1. The van der Waals surface area contributed by atoms with Gasteiger partial charge in [0.2, 0.25) is 11.8 Å². The van der Waals surface area contributed by atoms with Crippen LogP contribution < -0.4 is 16.4 Å². The van der Waals surface area contributed by atoms with E-state index < -0.39 is 11.9 Å². The summed E-state index contributed by atoms with van der Waals surface area (Å²) in [6.45, 7) is 5.16. The van der Waals surface area contributed by atoms with E-state index in [2.05, 4.69) is 29.5 Å². The number of carbonyl (C=O) groups excluding carboxylic acids is 3. The molecule has 1 saturated heterocycles. The van der Waals surface area contributed by atoms with Crippen LogP contribution in [0.4, 0.5) is 5.13 Å². The molecule has 4 N–H and O–H groups in total. The number of amides is 3. The molecule has 0 bridgehead atoms. The minimum absolute atomic E-state index is 0.0764. The number of nitrogens with one attached hydrogen (secondary N) is 2. The number of anilines is 1. The molecular weight excluding hydrogens is 414 g/mol. The van der Waals surface area contributed by atoms with Gasteiger partial charge in [-0.3, -0.25) is 19.7 Å². The van der Waals surface area contributed by atoms with E-state index in [9.17, 15) is 14.4 Å². The van der Waals surface area contributed by atoms with Crippen molar-refractivity contribution >= 4 is 34.2 Å². The van der Waals surface area contributed by atoms with Crippen molar-refractivity contribution in [3.05, 3.63) is 46.0 Å². The van der Waals surface area contributed by atoms with Crippen LogP contribution in [0.5, 0.6) is 0 Å². The largest absolute Gasteiger partial charge is 0.357 e. The highest BCUT2D eigenvalue weighted by Crippen LogP contribution is 2.31. The Morgan fingerprint density at radius 2 is 2.13 bits per heavy atom. The number of fused-ring (bicyclic) bond motifs is 1. The Balaban J connectivity index is 1.45. The average molecular weight is 442 g/mol. The third-order valence-electron chi connectivity index (χ3n) is 5.74. The van der Waals surface area contributed by atoms with Crippen molar-refractivity contribution < 1.29 is 14.4 Å². The topological polar surface area (TPSA) is 117 Å². The molecular formula is C22H27N5O3S. The van der Waals surface area contributed by atoms with Crippen molar-refractivity contribution in [1.82, 2.24) is 15.2 Å². The van der Waals surface area contributed by atoms with Crippen molar-refractivity contribution in [2.75, 3.05) is 5.32 Å². The molecule has 0 aliphatic carbocycles. The predicted molar refractivity (Wildman–Crippen MR) is 118 cm³/mol. The summed E-state index contributed by atoms with van der Waals surface area (Å²) in [4.78, 5) is 42.8. The van der Waals surface area contributed by atoms with E-state index in [1.807, 2.05) is 17.5 Å². The second-order valence-corrected chi connectivity index (χ2v) is 9.37. The summed E-state index contributed by atoms with van der Waals surface area (Å²) in [6, 6.07) is 4.94. The normalized spacial score (nSPS) is 19.5. The average Bonchev–Trinajstić information content (AvgIpc) is 3.32. The fraction of sp³-hybridized carbons (Fsp3) is 0.455. The van der Waals surface area contributed by atoms with Gasteiger partial charge in [0, 0.05) is 36.5 Å². The Morgan fingerprint density at radius 3 is 2.87 bits per heavy atom. The third-order valence-corrected chi connectivity index (χ3v) is 6.55. The Bertz CT molecular complexity index is 1020.